The van der Waals surface area contributed by atoms with Crippen LogP contribution in [0.25, 0.3) is 0 Å². The lowest BCUT2D eigenvalue weighted by atomic mass is 10.0. The van der Waals surface area contributed by atoms with Crippen molar-refractivity contribution < 1.29 is 4.74 Å². The van der Waals surface area contributed by atoms with Crippen molar-refractivity contribution >= 4 is 23.0 Å². The molecule has 1 fully saturated rings. The summed E-state index contributed by atoms with van der Waals surface area (Å²) in [5.41, 5.74) is 7.50. The van der Waals surface area contributed by atoms with E-state index in [0.29, 0.717) is 10.9 Å². The lowest BCUT2D eigenvalue weighted by Gasteiger charge is -2.23. The zero-order valence-electron chi connectivity index (χ0n) is 9.21. The van der Waals surface area contributed by atoms with E-state index in [1.807, 2.05) is 12.1 Å². The van der Waals surface area contributed by atoms with E-state index in [1.165, 1.54) is 6.42 Å². The van der Waals surface area contributed by atoms with Gasteiger partial charge in [-0.15, -0.1) is 0 Å². The van der Waals surface area contributed by atoms with Crippen molar-refractivity contribution in [1.29, 1.82) is 0 Å². The van der Waals surface area contributed by atoms with Gasteiger partial charge in [-0.2, -0.15) is 0 Å². The second-order valence-corrected chi connectivity index (χ2v) is 4.63. The Bertz CT molecular complexity index is 351. The number of rotatable bonds is 3. The van der Waals surface area contributed by atoms with E-state index in [0.717, 1.165) is 37.6 Å². The van der Waals surface area contributed by atoms with E-state index in [-0.39, 0.29) is 0 Å². The lowest BCUT2D eigenvalue weighted by molar-refractivity contribution is 0.0595. The summed E-state index contributed by atoms with van der Waals surface area (Å²) in [5, 5.41) is 4.04. The minimum absolute atomic E-state index is 0.576. The smallest absolute Gasteiger partial charge is 0.0588 e. The fourth-order valence-corrected chi connectivity index (χ4v) is 2.08. The van der Waals surface area contributed by atoms with E-state index >= 15 is 0 Å². The molecular formula is C12H17ClN2O. The van der Waals surface area contributed by atoms with E-state index in [9.17, 15) is 0 Å². The molecule has 1 aliphatic rings. The van der Waals surface area contributed by atoms with E-state index in [1.54, 1.807) is 6.07 Å². The number of nitrogens with two attached hydrogens (primary N) is 1. The van der Waals surface area contributed by atoms with E-state index in [4.69, 9.17) is 22.1 Å². The van der Waals surface area contributed by atoms with Crippen LogP contribution >= 0.6 is 11.6 Å². The summed E-state index contributed by atoms with van der Waals surface area (Å²) < 4.78 is 5.43. The van der Waals surface area contributed by atoms with Gasteiger partial charge >= 0.3 is 0 Å². The summed E-state index contributed by atoms with van der Waals surface area (Å²) in [6, 6.07) is 5.48. The molecule has 1 saturated heterocycles. The topological polar surface area (TPSA) is 47.3 Å². The van der Waals surface area contributed by atoms with Gasteiger partial charge in [-0.1, -0.05) is 11.6 Å². The average Bonchev–Trinajstić information content (AvgIpc) is 2.32. The van der Waals surface area contributed by atoms with Crippen LogP contribution in [0, 0.1) is 5.92 Å². The molecule has 0 aliphatic carbocycles. The third-order valence-electron chi connectivity index (χ3n) is 2.85. The van der Waals surface area contributed by atoms with Crippen molar-refractivity contribution in [3.63, 3.8) is 0 Å². The molecule has 1 heterocycles. The molecule has 1 aromatic carbocycles. The van der Waals surface area contributed by atoms with E-state index in [2.05, 4.69) is 5.32 Å². The van der Waals surface area contributed by atoms with Gasteiger partial charge in [0.1, 0.15) is 0 Å². The van der Waals surface area contributed by atoms with Crippen LogP contribution in [-0.4, -0.2) is 19.8 Å². The monoisotopic (exact) mass is 240 g/mol. The molecule has 0 amide bonds. The number of ether oxygens (including phenoxy) is 1. The first-order valence-electron chi connectivity index (χ1n) is 5.62. The summed E-state index contributed by atoms with van der Waals surface area (Å²) in [6.07, 6.45) is 2.37. The van der Waals surface area contributed by atoms with Crippen LogP contribution in [0.4, 0.5) is 11.4 Å². The van der Waals surface area contributed by atoms with Gasteiger partial charge in [0.2, 0.25) is 0 Å². The fraction of sp³-hybridized carbons (Fsp3) is 0.500. The zero-order chi connectivity index (χ0) is 11.4. The summed E-state index contributed by atoms with van der Waals surface area (Å²) in [4.78, 5) is 0. The molecule has 3 N–H and O–H groups in total. The van der Waals surface area contributed by atoms with Crippen LogP contribution in [0.3, 0.4) is 0 Å². The van der Waals surface area contributed by atoms with Crippen molar-refractivity contribution in [3.05, 3.63) is 23.2 Å². The van der Waals surface area contributed by atoms with Gasteiger partial charge in [0.05, 0.1) is 18.0 Å². The predicted octanol–water partition coefficient (Wildman–Crippen LogP) is 2.76. The Balaban J connectivity index is 1.90. The molecule has 1 aromatic rings. The Hall–Kier alpha value is -0.930. The molecule has 1 aliphatic heterocycles. The number of hydrogen-bond donors (Lipinski definition) is 2. The number of nitrogen functional groups attached to an aromatic ring is 1. The van der Waals surface area contributed by atoms with Gasteiger partial charge in [0, 0.05) is 18.2 Å². The zero-order valence-corrected chi connectivity index (χ0v) is 9.96. The van der Waals surface area contributed by atoms with Gasteiger partial charge in [-0.25, -0.2) is 0 Å². The van der Waals surface area contributed by atoms with Crippen LogP contribution in [0.1, 0.15) is 12.8 Å². The van der Waals surface area contributed by atoms with Gasteiger partial charge in [-0.05, 0) is 37.0 Å². The van der Waals surface area contributed by atoms with Crippen molar-refractivity contribution in [2.75, 3.05) is 30.8 Å². The third kappa shape index (κ3) is 3.03. The highest BCUT2D eigenvalue weighted by molar-refractivity contribution is 6.31. The molecule has 88 valence electrons. The fourth-order valence-electron chi connectivity index (χ4n) is 1.90. The molecule has 0 saturated carbocycles. The highest BCUT2D eigenvalue weighted by Crippen LogP contribution is 2.24. The molecule has 2 rings (SSSR count). The Labute approximate surface area is 101 Å². The second kappa shape index (κ2) is 5.41. The van der Waals surface area contributed by atoms with Gasteiger partial charge in [0.25, 0.3) is 0 Å². The Morgan fingerprint density at radius 3 is 3.12 bits per heavy atom. The maximum atomic E-state index is 5.92. The first-order chi connectivity index (χ1) is 7.75. The molecular weight excluding hydrogens is 224 g/mol. The number of anilines is 2. The molecule has 0 spiro atoms. The van der Waals surface area contributed by atoms with Gasteiger partial charge in [0.15, 0.2) is 0 Å². The minimum Gasteiger partial charge on any atom is -0.397 e. The SMILES string of the molecule is Nc1ccc(Cl)cc1NCC1CCCOC1. The highest BCUT2D eigenvalue weighted by atomic mass is 35.5. The quantitative estimate of drug-likeness (QED) is 0.799. The number of halogens is 1. The minimum atomic E-state index is 0.576. The third-order valence-corrected chi connectivity index (χ3v) is 3.09. The van der Waals surface area contributed by atoms with Crippen LogP contribution in [-0.2, 0) is 4.74 Å². The normalized spacial score (nSPS) is 20.7. The van der Waals surface area contributed by atoms with E-state index < -0.39 is 0 Å². The molecule has 1 atom stereocenters. The summed E-state index contributed by atoms with van der Waals surface area (Å²) in [5.74, 6) is 0.576. The predicted molar refractivity (Wildman–Crippen MR) is 67.9 cm³/mol. The maximum absolute atomic E-state index is 5.92. The first kappa shape index (κ1) is 11.6. The summed E-state index contributed by atoms with van der Waals surface area (Å²) in [6.45, 7) is 2.63. The lowest BCUT2D eigenvalue weighted by Crippen LogP contribution is -2.24. The number of benzene rings is 1. The maximum Gasteiger partial charge on any atom is 0.0588 e. The van der Waals surface area contributed by atoms with Crippen LogP contribution in [0.15, 0.2) is 18.2 Å². The van der Waals surface area contributed by atoms with Gasteiger partial charge in [-0.3, -0.25) is 0 Å². The Morgan fingerprint density at radius 2 is 2.38 bits per heavy atom. The molecule has 1 unspecified atom stereocenters. The average molecular weight is 241 g/mol. The Morgan fingerprint density at radius 1 is 1.50 bits per heavy atom. The molecule has 4 heteroatoms. The first-order valence-corrected chi connectivity index (χ1v) is 6.00. The number of hydrogen-bond acceptors (Lipinski definition) is 3. The van der Waals surface area contributed by atoms with Crippen molar-refractivity contribution in [1.82, 2.24) is 0 Å². The molecule has 0 bridgehead atoms. The largest absolute Gasteiger partial charge is 0.397 e. The second-order valence-electron chi connectivity index (χ2n) is 4.20. The summed E-state index contributed by atoms with van der Waals surface area (Å²) >= 11 is 5.92. The molecule has 0 radical (unpaired) electrons. The molecule has 3 nitrogen and oxygen atoms in total. The van der Waals surface area contributed by atoms with Crippen LogP contribution < -0.4 is 11.1 Å². The van der Waals surface area contributed by atoms with Crippen molar-refractivity contribution in [3.8, 4) is 0 Å². The van der Waals surface area contributed by atoms with Crippen molar-refractivity contribution in [2.45, 2.75) is 12.8 Å². The van der Waals surface area contributed by atoms with Gasteiger partial charge < -0.3 is 15.8 Å². The highest BCUT2D eigenvalue weighted by Gasteiger charge is 2.13. The van der Waals surface area contributed by atoms with Crippen molar-refractivity contribution in [2.24, 2.45) is 5.92 Å². The standard InChI is InChI=1S/C12H17ClN2O/c13-10-3-4-11(14)12(6-10)15-7-9-2-1-5-16-8-9/h3-4,6,9,15H,1-2,5,7-8,14H2. The number of nitrogens with one attached hydrogen (secondary N) is 1. The molecule has 0 aromatic heterocycles. The Kier molecular flexibility index (Phi) is 3.91. The van der Waals surface area contributed by atoms with Crippen LogP contribution in [0.5, 0.6) is 0 Å². The molecule has 16 heavy (non-hydrogen) atoms. The summed E-state index contributed by atoms with van der Waals surface area (Å²) in [7, 11) is 0. The van der Waals surface area contributed by atoms with Crippen LogP contribution in [0.2, 0.25) is 5.02 Å².